The highest BCUT2D eigenvalue weighted by molar-refractivity contribution is 6.61. The fraction of sp³-hybridized carbons (Fsp3) is 0.600. The third kappa shape index (κ3) is 5.05. The van der Waals surface area contributed by atoms with E-state index in [0.717, 1.165) is 5.46 Å². The van der Waals surface area contributed by atoms with E-state index in [0.29, 0.717) is 38.3 Å². The molecule has 0 radical (unpaired) electrons. The largest absolute Gasteiger partial charge is 0.494 e. The Morgan fingerprint density at radius 3 is 2.11 bits per heavy atom. The van der Waals surface area contributed by atoms with Crippen molar-refractivity contribution in [3.05, 3.63) is 29.8 Å². The number of carbonyl (C=O) groups excluding carboxylic acids is 2. The predicted octanol–water partition coefficient (Wildman–Crippen LogP) is 1.90. The molecule has 8 heteroatoms. The Hall–Kier alpha value is -2.06. The molecule has 7 nitrogen and oxygen atoms in total. The molecule has 152 valence electrons. The number of ether oxygens (including phenoxy) is 1. The van der Waals surface area contributed by atoms with Crippen LogP contribution in [-0.2, 0) is 14.0 Å². The maximum atomic E-state index is 12.8. The summed E-state index contributed by atoms with van der Waals surface area (Å²) in [5.74, 6) is -0.0380. The number of hydrogen-bond acceptors (Lipinski definition) is 5. The van der Waals surface area contributed by atoms with Crippen LogP contribution in [0.25, 0.3) is 0 Å². The summed E-state index contributed by atoms with van der Waals surface area (Å²) in [6.45, 7) is 12.0. The van der Waals surface area contributed by atoms with Crippen LogP contribution in [0.4, 0.5) is 4.79 Å². The molecule has 2 saturated heterocycles. The number of benzene rings is 1. The van der Waals surface area contributed by atoms with Gasteiger partial charge in [-0.15, -0.1) is 0 Å². The topological polar surface area (TPSA) is 68.3 Å². The first-order chi connectivity index (χ1) is 13.0. The van der Waals surface area contributed by atoms with Crippen LogP contribution in [-0.4, -0.2) is 72.9 Å². The van der Waals surface area contributed by atoms with Crippen molar-refractivity contribution in [1.82, 2.24) is 9.80 Å². The standard InChI is InChI=1S/C20H29BN2O5/c1-19(2,3)27-18(25)23-12-10-22(11-13-23)17(24)15-6-8-16(9-7-15)21-26-14-20(4,5)28-21/h6-9H,10-14H2,1-5H3. The molecule has 2 aliphatic heterocycles. The molecule has 2 aliphatic rings. The van der Waals surface area contributed by atoms with Gasteiger partial charge in [-0.2, -0.15) is 0 Å². The lowest BCUT2D eigenvalue weighted by molar-refractivity contribution is 0.0141. The molecule has 2 fully saturated rings. The van der Waals surface area contributed by atoms with Gasteiger partial charge in [0.05, 0.1) is 12.2 Å². The molecular formula is C20H29BN2O5. The van der Waals surface area contributed by atoms with Crippen molar-refractivity contribution in [2.75, 3.05) is 32.8 Å². The van der Waals surface area contributed by atoms with Gasteiger partial charge in [0.25, 0.3) is 5.91 Å². The molecule has 0 N–H and O–H groups in total. The average molecular weight is 388 g/mol. The summed E-state index contributed by atoms with van der Waals surface area (Å²) in [6, 6.07) is 7.35. The van der Waals surface area contributed by atoms with Crippen LogP contribution < -0.4 is 5.46 Å². The summed E-state index contributed by atoms with van der Waals surface area (Å²) >= 11 is 0. The van der Waals surface area contributed by atoms with Crippen LogP contribution in [0.1, 0.15) is 45.0 Å². The first-order valence-electron chi connectivity index (χ1n) is 9.71. The number of amides is 2. The van der Waals surface area contributed by atoms with Gasteiger partial charge in [0.2, 0.25) is 0 Å². The van der Waals surface area contributed by atoms with E-state index in [4.69, 9.17) is 14.0 Å². The molecule has 1 aromatic carbocycles. The smallest absolute Gasteiger partial charge is 0.444 e. The van der Waals surface area contributed by atoms with Crippen LogP contribution in [0, 0.1) is 0 Å². The van der Waals surface area contributed by atoms with Crippen LogP contribution in [0.3, 0.4) is 0 Å². The van der Waals surface area contributed by atoms with Crippen molar-refractivity contribution in [1.29, 1.82) is 0 Å². The van der Waals surface area contributed by atoms with Crippen molar-refractivity contribution in [2.24, 2.45) is 0 Å². The van der Waals surface area contributed by atoms with Gasteiger partial charge in [0.15, 0.2) is 0 Å². The summed E-state index contributed by atoms with van der Waals surface area (Å²) in [6.07, 6.45) is -0.330. The monoisotopic (exact) mass is 388 g/mol. The van der Waals surface area contributed by atoms with Crippen molar-refractivity contribution in [2.45, 2.75) is 45.8 Å². The van der Waals surface area contributed by atoms with E-state index in [2.05, 4.69) is 0 Å². The van der Waals surface area contributed by atoms with Gasteiger partial charge in [-0.3, -0.25) is 4.79 Å². The third-order valence-electron chi connectivity index (χ3n) is 4.66. The highest BCUT2D eigenvalue weighted by Crippen LogP contribution is 2.20. The van der Waals surface area contributed by atoms with Gasteiger partial charge in [-0.1, -0.05) is 12.1 Å². The van der Waals surface area contributed by atoms with E-state index in [1.54, 1.807) is 21.9 Å². The van der Waals surface area contributed by atoms with E-state index < -0.39 is 12.7 Å². The molecule has 0 bridgehead atoms. The molecular weight excluding hydrogens is 359 g/mol. The van der Waals surface area contributed by atoms with Crippen LogP contribution in [0.5, 0.6) is 0 Å². The molecule has 0 aromatic heterocycles. The second-order valence-electron chi connectivity index (χ2n) is 8.90. The Labute approximate surface area is 167 Å². The van der Waals surface area contributed by atoms with Crippen LogP contribution >= 0.6 is 0 Å². The zero-order valence-corrected chi connectivity index (χ0v) is 17.4. The van der Waals surface area contributed by atoms with E-state index >= 15 is 0 Å². The van der Waals surface area contributed by atoms with Gasteiger partial charge in [0.1, 0.15) is 5.60 Å². The minimum absolute atomic E-state index is 0.0380. The molecule has 0 atom stereocenters. The zero-order valence-electron chi connectivity index (χ0n) is 17.4. The van der Waals surface area contributed by atoms with E-state index in [1.165, 1.54) is 0 Å². The fourth-order valence-corrected chi connectivity index (χ4v) is 3.18. The molecule has 0 unspecified atom stereocenters. The van der Waals surface area contributed by atoms with E-state index in [1.807, 2.05) is 46.8 Å². The fourth-order valence-electron chi connectivity index (χ4n) is 3.18. The summed E-state index contributed by atoms with van der Waals surface area (Å²) in [7, 11) is -0.392. The number of nitrogens with zero attached hydrogens (tertiary/aromatic N) is 2. The summed E-state index contributed by atoms with van der Waals surface area (Å²) in [5, 5.41) is 0. The first-order valence-corrected chi connectivity index (χ1v) is 9.71. The van der Waals surface area contributed by atoms with Gasteiger partial charge in [0, 0.05) is 31.7 Å². The lowest BCUT2D eigenvalue weighted by Crippen LogP contribution is -2.51. The number of hydrogen-bond donors (Lipinski definition) is 0. The summed E-state index contributed by atoms with van der Waals surface area (Å²) in [4.78, 5) is 28.3. The van der Waals surface area contributed by atoms with Crippen LogP contribution in [0.15, 0.2) is 24.3 Å². The van der Waals surface area contributed by atoms with Crippen molar-refractivity contribution < 1.29 is 23.6 Å². The maximum Gasteiger partial charge on any atom is 0.494 e. The second kappa shape index (κ2) is 7.76. The number of piperazine rings is 1. The minimum Gasteiger partial charge on any atom is -0.444 e. The Balaban J connectivity index is 1.55. The normalized spacial score (nSPS) is 19.7. The van der Waals surface area contributed by atoms with Crippen molar-refractivity contribution in [3.8, 4) is 0 Å². The lowest BCUT2D eigenvalue weighted by Gasteiger charge is -2.35. The predicted molar refractivity (Wildman–Crippen MR) is 107 cm³/mol. The van der Waals surface area contributed by atoms with Crippen molar-refractivity contribution in [3.63, 3.8) is 0 Å². The molecule has 28 heavy (non-hydrogen) atoms. The first kappa shape index (κ1) is 20.7. The van der Waals surface area contributed by atoms with E-state index in [9.17, 15) is 9.59 Å². The SMILES string of the molecule is CC(C)(C)OC(=O)N1CCN(C(=O)c2ccc(B3OCC(C)(C)O3)cc2)CC1. The quantitative estimate of drug-likeness (QED) is 0.724. The molecule has 0 aliphatic carbocycles. The van der Waals surface area contributed by atoms with Gasteiger partial charge >= 0.3 is 13.2 Å². The Morgan fingerprint density at radius 2 is 1.61 bits per heavy atom. The maximum absolute atomic E-state index is 12.8. The Morgan fingerprint density at radius 1 is 1.04 bits per heavy atom. The molecule has 0 spiro atoms. The van der Waals surface area contributed by atoms with Crippen LogP contribution in [0.2, 0.25) is 0 Å². The molecule has 1 aromatic rings. The molecule has 3 rings (SSSR count). The minimum atomic E-state index is -0.520. The summed E-state index contributed by atoms with van der Waals surface area (Å²) < 4.78 is 16.9. The Bertz CT molecular complexity index is 721. The van der Waals surface area contributed by atoms with E-state index in [-0.39, 0.29) is 17.6 Å². The zero-order chi connectivity index (χ0) is 20.5. The number of carbonyl (C=O) groups is 2. The highest BCUT2D eigenvalue weighted by atomic mass is 16.7. The van der Waals surface area contributed by atoms with Gasteiger partial charge in [-0.25, -0.2) is 4.79 Å². The third-order valence-corrected chi connectivity index (χ3v) is 4.66. The molecule has 2 heterocycles. The number of rotatable bonds is 2. The van der Waals surface area contributed by atoms with Crippen molar-refractivity contribution >= 4 is 24.6 Å². The molecule has 0 saturated carbocycles. The highest BCUT2D eigenvalue weighted by Gasteiger charge is 2.38. The Kier molecular flexibility index (Phi) is 5.73. The lowest BCUT2D eigenvalue weighted by atomic mass is 9.79. The molecule has 2 amide bonds. The van der Waals surface area contributed by atoms with Gasteiger partial charge in [-0.05, 0) is 52.2 Å². The van der Waals surface area contributed by atoms with Gasteiger partial charge < -0.3 is 23.8 Å². The summed E-state index contributed by atoms with van der Waals surface area (Å²) in [5.41, 5.74) is 0.698. The second-order valence-corrected chi connectivity index (χ2v) is 8.90. The average Bonchev–Trinajstić information content (AvgIpc) is 3.00.